The second-order valence-corrected chi connectivity index (χ2v) is 6.10. The summed E-state index contributed by atoms with van der Waals surface area (Å²) >= 11 is 3.56. The average Bonchev–Trinajstić information content (AvgIpc) is 3.00. The zero-order valence-corrected chi connectivity index (χ0v) is 12.3. The first-order valence-corrected chi connectivity index (χ1v) is 7.86. The van der Waals surface area contributed by atoms with Gasteiger partial charge in [-0.3, -0.25) is 4.90 Å². The van der Waals surface area contributed by atoms with Crippen LogP contribution in [0.1, 0.15) is 22.5 Å². The van der Waals surface area contributed by atoms with E-state index in [0.717, 1.165) is 26.1 Å². The number of thiophene rings is 1. The third-order valence-electron chi connectivity index (χ3n) is 2.63. The lowest BCUT2D eigenvalue weighted by Gasteiger charge is -2.18. The molecule has 0 saturated carbocycles. The lowest BCUT2D eigenvalue weighted by Crippen LogP contribution is -2.22. The highest BCUT2D eigenvalue weighted by Crippen LogP contribution is 2.16. The van der Waals surface area contributed by atoms with Crippen molar-refractivity contribution in [2.24, 2.45) is 0 Å². The molecule has 2 aromatic heterocycles. The van der Waals surface area contributed by atoms with Gasteiger partial charge in [-0.15, -0.1) is 29.3 Å². The summed E-state index contributed by atoms with van der Waals surface area (Å²) in [6.07, 6.45) is 2.98. The van der Waals surface area contributed by atoms with E-state index in [1.807, 2.05) is 6.08 Å². The zero-order chi connectivity index (χ0) is 12.8. The SMILES string of the molecule is C=CCN(Cc1csc(CC)n1)Cc1cccs1. The van der Waals surface area contributed by atoms with Crippen LogP contribution in [-0.4, -0.2) is 16.4 Å². The molecule has 0 aliphatic rings. The summed E-state index contributed by atoms with van der Waals surface area (Å²) in [4.78, 5) is 8.39. The van der Waals surface area contributed by atoms with Gasteiger partial charge >= 0.3 is 0 Å². The lowest BCUT2D eigenvalue weighted by atomic mass is 10.3. The molecule has 96 valence electrons. The molecule has 0 radical (unpaired) electrons. The standard InChI is InChI=1S/C14H18N2S2/c1-3-7-16(10-13-6-5-8-17-13)9-12-11-18-14(4-2)15-12/h3,5-6,8,11H,1,4,7,9-10H2,2H3. The van der Waals surface area contributed by atoms with Crippen LogP contribution < -0.4 is 0 Å². The zero-order valence-electron chi connectivity index (χ0n) is 10.6. The quantitative estimate of drug-likeness (QED) is 0.713. The molecule has 18 heavy (non-hydrogen) atoms. The van der Waals surface area contributed by atoms with Gasteiger partial charge in [0.15, 0.2) is 0 Å². The molecule has 0 aliphatic heterocycles. The molecule has 0 amide bonds. The van der Waals surface area contributed by atoms with Crippen LogP contribution >= 0.6 is 22.7 Å². The minimum Gasteiger partial charge on any atom is -0.289 e. The van der Waals surface area contributed by atoms with Crippen molar-refractivity contribution in [3.05, 3.63) is 51.1 Å². The Labute approximate surface area is 117 Å². The molecule has 0 bridgehead atoms. The fourth-order valence-corrected chi connectivity index (χ4v) is 3.29. The molecule has 0 aliphatic carbocycles. The molecule has 0 atom stereocenters. The fourth-order valence-electron chi connectivity index (χ4n) is 1.80. The molecule has 4 heteroatoms. The van der Waals surface area contributed by atoms with E-state index in [1.54, 1.807) is 22.7 Å². The van der Waals surface area contributed by atoms with Crippen molar-refractivity contribution in [3.8, 4) is 0 Å². The van der Waals surface area contributed by atoms with Crippen LogP contribution in [0.25, 0.3) is 0 Å². The Balaban J connectivity index is 1.99. The van der Waals surface area contributed by atoms with Gasteiger partial charge in [0.1, 0.15) is 0 Å². The molecule has 0 N–H and O–H groups in total. The van der Waals surface area contributed by atoms with Crippen LogP contribution in [0.4, 0.5) is 0 Å². The number of aromatic nitrogens is 1. The van der Waals surface area contributed by atoms with E-state index in [-0.39, 0.29) is 0 Å². The molecular formula is C14H18N2S2. The van der Waals surface area contributed by atoms with Crippen LogP contribution in [0.2, 0.25) is 0 Å². The lowest BCUT2D eigenvalue weighted by molar-refractivity contribution is 0.285. The first-order valence-electron chi connectivity index (χ1n) is 6.10. The predicted molar refractivity (Wildman–Crippen MR) is 80.1 cm³/mol. The molecule has 2 rings (SSSR count). The van der Waals surface area contributed by atoms with E-state index in [2.05, 4.69) is 46.3 Å². The summed E-state index contributed by atoms with van der Waals surface area (Å²) in [5.74, 6) is 0. The molecule has 0 aromatic carbocycles. The first-order chi connectivity index (χ1) is 8.81. The monoisotopic (exact) mass is 278 g/mol. The van der Waals surface area contributed by atoms with Gasteiger partial charge in [-0.25, -0.2) is 4.98 Å². The van der Waals surface area contributed by atoms with Gasteiger partial charge in [-0.1, -0.05) is 19.1 Å². The maximum atomic E-state index is 4.63. The van der Waals surface area contributed by atoms with Crippen LogP contribution in [0.3, 0.4) is 0 Å². The number of nitrogens with zero attached hydrogens (tertiary/aromatic N) is 2. The molecule has 0 spiro atoms. The van der Waals surface area contributed by atoms with Crippen molar-refractivity contribution in [3.63, 3.8) is 0 Å². The third kappa shape index (κ3) is 3.77. The first kappa shape index (κ1) is 13.5. The maximum absolute atomic E-state index is 4.63. The van der Waals surface area contributed by atoms with E-state index in [1.165, 1.54) is 15.6 Å². The molecule has 0 fully saturated rings. The Morgan fingerprint density at radius 2 is 2.28 bits per heavy atom. The van der Waals surface area contributed by atoms with Crippen LogP contribution in [0, 0.1) is 0 Å². The highest BCUT2D eigenvalue weighted by Gasteiger charge is 2.08. The molecule has 2 aromatic rings. The minimum absolute atomic E-state index is 0.900. The number of hydrogen-bond donors (Lipinski definition) is 0. The van der Waals surface area contributed by atoms with E-state index in [4.69, 9.17) is 0 Å². The molecular weight excluding hydrogens is 260 g/mol. The van der Waals surface area contributed by atoms with Crippen molar-refractivity contribution in [1.82, 2.24) is 9.88 Å². The Morgan fingerprint density at radius 3 is 2.89 bits per heavy atom. The summed E-state index contributed by atoms with van der Waals surface area (Å²) in [5.41, 5.74) is 1.18. The summed E-state index contributed by atoms with van der Waals surface area (Å²) in [6.45, 7) is 8.76. The second kappa shape index (κ2) is 6.83. The van der Waals surface area contributed by atoms with Gasteiger partial charge in [0.05, 0.1) is 10.7 Å². The minimum atomic E-state index is 0.900. The van der Waals surface area contributed by atoms with Crippen molar-refractivity contribution in [2.75, 3.05) is 6.54 Å². The summed E-state index contributed by atoms with van der Waals surface area (Å²) in [5, 5.41) is 5.52. The van der Waals surface area contributed by atoms with E-state index >= 15 is 0 Å². The van der Waals surface area contributed by atoms with E-state index < -0.39 is 0 Å². The normalized spacial score (nSPS) is 11.0. The van der Waals surface area contributed by atoms with Crippen molar-refractivity contribution < 1.29 is 0 Å². The smallest absolute Gasteiger partial charge is 0.0926 e. The van der Waals surface area contributed by atoms with Crippen molar-refractivity contribution in [2.45, 2.75) is 26.4 Å². The van der Waals surface area contributed by atoms with E-state index in [9.17, 15) is 0 Å². The van der Waals surface area contributed by atoms with Gasteiger partial charge < -0.3 is 0 Å². The third-order valence-corrected chi connectivity index (χ3v) is 4.54. The second-order valence-electron chi connectivity index (χ2n) is 4.12. The maximum Gasteiger partial charge on any atom is 0.0926 e. The van der Waals surface area contributed by atoms with Crippen molar-refractivity contribution >= 4 is 22.7 Å². The highest BCUT2D eigenvalue weighted by atomic mass is 32.1. The Hall–Kier alpha value is -0.970. The predicted octanol–water partition coefficient (Wildman–Crippen LogP) is 3.96. The van der Waals surface area contributed by atoms with Crippen molar-refractivity contribution in [1.29, 1.82) is 0 Å². The van der Waals surface area contributed by atoms with Crippen LogP contribution in [0.15, 0.2) is 35.5 Å². The highest BCUT2D eigenvalue weighted by molar-refractivity contribution is 7.10. The number of aryl methyl sites for hydroxylation is 1. The largest absolute Gasteiger partial charge is 0.289 e. The summed E-state index contributed by atoms with van der Waals surface area (Å²) in [6, 6.07) is 4.28. The summed E-state index contributed by atoms with van der Waals surface area (Å²) < 4.78 is 0. The van der Waals surface area contributed by atoms with Gasteiger partial charge in [0.25, 0.3) is 0 Å². The van der Waals surface area contributed by atoms with Gasteiger partial charge in [-0.05, 0) is 17.9 Å². The molecule has 0 unspecified atom stereocenters. The topological polar surface area (TPSA) is 16.1 Å². The van der Waals surface area contributed by atoms with Crippen LogP contribution in [-0.2, 0) is 19.5 Å². The molecule has 2 heterocycles. The van der Waals surface area contributed by atoms with Gasteiger partial charge in [0, 0.05) is 29.9 Å². The number of rotatable bonds is 7. The van der Waals surface area contributed by atoms with E-state index in [0.29, 0.717) is 0 Å². The Morgan fingerprint density at radius 1 is 1.39 bits per heavy atom. The van der Waals surface area contributed by atoms with Crippen LogP contribution in [0.5, 0.6) is 0 Å². The fraction of sp³-hybridized carbons (Fsp3) is 0.357. The van der Waals surface area contributed by atoms with Gasteiger partial charge in [0.2, 0.25) is 0 Å². The van der Waals surface area contributed by atoms with Gasteiger partial charge in [-0.2, -0.15) is 0 Å². The summed E-state index contributed by atoms with van der Waals surface area (Å²) in [7, 11) is 0. The number of hydrogen-bond acceptors (Lipinski definition) is 4. The molecule has 2 nitrogen and oxygen atoms in total. The molecule has 0 saturated heterocycles. The average molecular weight is 278 g/mol. The Kier molecular flexibility index (Phi) is 5.11. The Bertz CT molecular complexity index is 474. The number of thiazole rings is 1.